The summed E-state index contributed by atoms with van der Waals surface area (Å²) in [6.45, 7) is -0.519. The van der Waals surface area contributed by atoms with Gasteiger partial charge < -0.3 is 9.84 Å². The largest absolute Gasteiger partial charge is 0.481 e. The molecule has 1 N–H and O–H groups in total. The molecule has 0 aromatic rings. The Morgan fingerprint density at radius 3 is 2.67 bits per heavy atom. The summed E-state index contributed by atoms with van der Waals surface area (Å²) in [5.74, 6) is -4.09. The zero-order valence-corrected chi connectivity index (χ0v) is 9.65. The number of hydrogen-bond donors (Lipinski definition) is 1. The van der Waals surface area contributed by atoms with Gasteiger partial charge in [-0.25, -0.2) is 0 Å². The highest BCUT2D eigenvalue weighted by molar-refractivity contribution is 5.71. The lowest BCUT2D eigenvalue weighted by molar-refractivity contribution is -0.164. The van der Waals surface area contributed by atoms with Crippen molar-refractivity contribution in [2.75, 3.05) is 26.8 Å². The molecule has 1 aliphatic rings. The SMILES string of the molecule is CN(CC(C#N)C(F)(F)F)C1COCC1C(=O)O. The van der Waals surface area contributed by atoms with Crippen LogP contribution in [0.15, 0.2) is 0 Å². The Balaban J connectivity index is 2.68. The Morgan fingerprint density at radius 1 is 1.61 bits per heavy atom. The number of alkyl halides is 3. The van der Waals surface area contributed by atoms with Gasteiger partial charge in [0.2, 0.25) is 0 Å². The second-order valence-corrected chi connectivity index (χ2v) is 4.21. The summed E-state index contributed by atoms with van der Waals surface area (Å²) in [5, 5.41) is 17.4. The number of nitrogens with zero attached hydrogens (tertiary/aromatic N) is 2. The van der Waals surface area contributed by atoms with Crippen molar-refractivity contribution in [3.05, 3.63) is 0 Å². The third-order valence-corrected chi connectivity index (χ3v) is 2.96. The Labute approximate surface area is 102 Å². The highest BCUT2D eigenvalue weighted by Crippen LogP contribution is 2.28. The average Bonchev–Trinajstić information content (AvgIpc) is 2.72. The van der Waals surface area contributed by atoms with E-state index in [1.165, 1.54) is 18.0 Å². The molecule has 5 nitrogen and oxygen atoms in total. The lowest BCUT2D eigenvalue weighted by Crippen LogP contribution is -2.45. The predicted molar refractivity (Wildman–Crippen MR) is 53.5 cm³/mol. The first-order chi connectivity index (χ1) is 8.27. The zero-order valence-electron chi connectivity index (χ0n) is 9.65. The van der Waals surface area contributed by atoms with Crippen molar-refractivity contribution in [1.29, 1.82) is 5.26 Å². The number of rotatable bonds is 4. The third-order valence-electron chi connectivity index (χ3n) is 2.96. The van der Waals surface area contributed by atoms with Gasteiger partial charge in [0.15, 0.2) is 5.92 Å². The van der Waals surface area contributed by atoms with Gasteiger partial charge in [0, 0.05) is 12.6 Å². The zero-order chi connectivity index (χ0) is 13.9. The fraction of sp³-hybridized carbons (Fsp3) is 0.800. The van der Waals surface area contributed by atoms with E-state index in [1.54, 1.807) is 0 Å². The van der Waals surface area contributed by atoms with E-state index in [-0.39, 0.29) is 13.2 Å². The number of nitriles is 1. The Bertz CT molecular complexity index is 353. The first-order valence-corrected chi connectivity index (χ1v) is 5.24. The van der Waals surface area contributed by atoms with Gasteiger partial charge in [-0.15, -0.1) is 0 Å². The molecule has 102 valence electrons. The van der Waals surface area contributed by atoms with Gasteiger partial charge in [-0.2, -0.15) is 18.4 Å². The molecule has 1 fully saturated rings. The number of halogens is 3. The first kappa shape index (κ1) is 14.7. The minimum absolute atomic E-state index is 0.0203. The van der Waals surface area contributed by atoms with E-state index in [2.05, 4.69) is 0 Å². The Kier molecular flexibility index (Phi) is 4.53. The first-order valence-electron chi connectivity index (χ1n) is 5.24. The van der Waals surface area contributed by atoms with Gasteiger partial charge in [-0.3, -0.25) is 9.69 Å². The van der Waals surface area contributed by atoms with Crippen LogP contribution >= 0.6 is 0 Å². The van der Waals surface area contributed by atoms with Gasteiger partial charge in [0.05, 0.1) is 25.2 Å². The number of likely N-dealkylation sites (N-methyl/N-ethyl adjacent to an activating group) is 1. The second kappa shape index (κ2) is 5.54. The molecule has 1 saturated heterocycles. The number of carbonyl (C=O) groups is 1. The van der Waals surface area contributed by atoms with Crippen molar-refractivity contribution in [2.24, 2.45) is 11.8 Å². The number of hydrogen-bond acceptors (Lipinski definition) is 4. The van der Waals surface area contributed by atoms with Crippen molar-refractivity contribution >= 4 is 5.97 Å². The van der Waals surface area contributed by atoms with Crippen molar-refractivity contribution in [1.82, 2.24) is 4.90 Å². The average molecular weight is 266 g/mol. The second-order valence-electron chi connectivity index (χ2n) is 4.21. The quantitative estimate of drug-likeness (QED) is 0.811. The molecule has 1 heterocycles. The normalized spacial score (nSPS) is 26.0. The molecule has 8 heteroatoms. The van der Waals surface area contributed by atoms with Crippen LogP contribution in [0.5, 0.6) is 0 Å². The van der Waals surface area contributed by atoms with Crippen LogP contribution in [-0.4, -0.2) is 55.0 Å². The van der Waals surface area contributed by atoms with Crippen molar-refractivity contribution in [3.8, 4) is 6.07 Å². The standard InChI is InChI=1S/C10H13F3N2O3/c1-15(3-6(2-14)10(11,12)13)8-5-18-4-7(8)9(16)17/h6-8H,3-5H2,1H3,(H,16,17). The van der Waals surface area contributed by atoms with Gasteiger partial charge in [-0.05, 0) is 7.05 Å². The molecule has 0 amide bonds. The number of ether oxygens (including phenoxy) is 1. The van der Waals surface area contributed by atoms with Crippen LogP contribution < -0.4 is 0 Å². The molecule has 1 aliphatic heterocycles. The molecule has 1 rings (SSSR count). The topological polar surface area (TPSA) is 73.6 Å². The van der Waals surface area contributed by atoms with Crippen LogP contribution in [0, 0.1) is 23.2 Å². The lowest BCUT2D eigenvalue weighted by atomic mass is 10.0. The van der Waals surface area contributed by atoms with E-state index in [0.717, 1.165) is 0 Å². The lowest BCUT2D eigenvalue weighted by Gasteiger charge is -2.28. The molecule has 3 unspecified atom stereocenters. The molecular weight excluding hydrogens is 253 g/mol. The maximum Gasteiger partial charge on any atom is 0.405 e. The number of aliphatic carboxylic acids is 1. The van der Waals surface area contributed by atoms with E-state index >= 15 is 0 Å². The molecule has 0 aromatic heterocycles. The molecule has 0 saturated carbocycles. The van der Waals surface area contributed by atoms with E-state index in [9.17, 15) is 18.0 Å². The van der Waals surface area contributed by atoms with Crippen molar-refractivity contribution < 1.29 is 27.8 Å². The molecule has 0 aromatic carbocycles. The van der Waals surface area contributed by atoms with Gasteiger partial charge in [0.1, 0.15) is 0 Å². The smallest absolute Gasteiger partial charge is 0.405 e. The summed E-state index contributed by atoms with van der Waals surface area (Å²) in [6.07, 6.45) is -4.61. The van der Waals surface area contributed by atoms with E-state index in [4.69, 9.17) is 15.1 Å². The Morgan fingerprint density at radius 2 is 2.22 bits per heavy atom. The fourth-order valence-corrected chi connectivity index (χ4v) is 1.85. The van der Waals surface area contributed by atoms with Crippen molar-refractivity contribution in [2.45, 2.75) is 12.2 Å². The molecule has 0 aliphatic carbocycles. The molecule has 0 radical (unpaired) electrons. The summed E-state index contributed by atoms with van der Waals surface area (Å²) in [4.78, 5) is 12.1. The highest BCUT2D eigenvalue weighted by Gasteiger charge is 2.43. The highest BCUT2D eigenvalue weighted by atomic mass is 19.4. The molecular formula is C10H13F3N2O3. The minimum atomic E-state index is -4.61. The monoisotopic (exact) mass is 266 g/mol. The Hall–Kier alpha value is -1.33. The van der Waals surface area contributed by atoms with Gasteiger partial charge >= 0.3 is 12.1 Å². The van der Waals surface area contributed by atoms with Crippen LogP contribution in [0.1, 0.15) is 0 Å². The number of carboxylic acid groups (broad SMARTS) is 1. The molecule has 18 heavy (non-hydrogen) atoms. The summed E-state index contributed by atoms with van der Waals surface area (Å²) >= 11 is 0. The van der Waals surface area contributed by atoms with Gasteiger partial charge in [0.25, 0.3) is 0 Å². The maximum absolute atomic E-state index is 12.4. The van der Waals surface area contributed by atoms with Crippen LogP contribution in [0.3, 0.4) is 0 Å². The van der Waals surface area contributed by atoms with Crippen LogP contribution in [0.4, 0.5) is 13.2 Å². The number of carboxylic acids is 1. The summed E-state index contributed by atoms with van der Waals surface area (Å²) in [5.41, 5.74) is 0. The molecule has 3 atom stereocenters. The van der Waals surface area contributed by atoms with Crippen LogP contribution in [0.25, 0.3) is 0 Å². The van der Waals surface area contributed by atoms with E-state index < -0.39 is 36.6 Å². The van der Waals surface area contributed by atoms with Crippen LogP contribution in [0.2, 0.25) is 0 Å². The molecule has 0 spiro atoms. The summed E-state index contributed by atoms with van der Waals surface area (Å²) in [7, 11) is 1.37. The van der Waals surface area contributed by atoms with E-state index in [0.29, 0.717) is 0 Å². The fourth-order valence-electron chi connectivity index (χ4n) is 1.85. The van der Waals surface area contributed by atoms with Gasteiger partial charge in [-0.1, -0.05) is 0 Å². The molecule has 0 bridgehead atoms. The van der Waals surface area contributed by atoms with E-state index in [1.807, 2.05) is 0 Å². The van der Waals surface area contributed by atoms with Crippen molar-refractivity contribution in [3.63, 3.8) is 0 Å². The van der Waals surface area contributed by atoms with Crippen LogP contribution in [-0.2, 0) is 9.53 Å². The summed E-state index contributed by atoms with van der Waals surface area (Å²) < 4.78 is 42.2. The third kappa shape index (κ3) is 3.34. The predicted octanol–water partition coefficient (Wildman–Crippen LogP) is 0.720. The maximum atomic E-state index is 12.4. The minimum Gasteiger partial charge on any atom is -0.481 e. The summed E-state index contributed by atoms with van der Waals surface area (Å²) in [6, 6.07) is 0.547.